The Labute approximate surface area is 107 Å². The van der Waals surface area contributed by atoms with Crippen molar-refractivity contribution in [2.45, 2.75) is 26.6 Å². The lowest BCUT2D eigenvalue weighted by molar-refractivity contribution is 0.199. The van der Waals surface area contributed by atoms with Crippen molar-refractivity contribution < 1.29 is 9.84 Å². The van der Waals surface area contributed by atoms with Crippen molar-refractivity contribution in [2.75, 3.05) is 0 Å². The number of benzene rings is 1. The van der Waals surface area contributed by atoms with Crippen LogP contribution in [-0.4, -0.2) is 14.9 Å². The summed E-state index contributed by atoms with van der Waals surface area (Å²) in [7, 11) is 1.88. The molecule has 0 radical (unpaired) electrons. The second-order valence-corrected chi connectivity index (χ2v) is 4.51. The monoisotopic (exact) mass is 246 g/mol. The number of aliphatic hydroxyl groups is 1. The molecule has 96 valence electrons. The van der Waals surface area contributed by atoms with Crippen LogP contribution < -0.4 is 4.74 Å². The van der Waals surface area contributed by atoms with Crippen molar-refractivity contribution >= 4 is 0 Å². The maximum Gasteiger partial charge on any atom is 0.122 e. The van der Waals surface area contributed by atoms with E-state index >= 15 is 0 Å². The van der Waals surface area contributed by atoms with Crippen LogP contribution in [0.3, 0.4) is 0 Å². The standard InChI is InChI=1S/C14H18N2O2/c1-10-6-13(11(2)17)4-5-14(10)18-9-12-7-15-16(3)8-12/h4-8,11,17H,9H2,1-3H3. The molecule has 0 fully saturated rings. The summed E-state index contributed by atoms with van der Waals surface area (Å²) < 4.78 is 7.49. The van der Waals surface area contributed by atoms with Gasteiger partial charge in [0.1, 0.15) is 12.4 Å². The highest BCUT2D eigenvalue weighted by atomic mass is 16.5. The minimum atomic E-state index is -0.448. The van der Waals surface area contributed by atoms with Crippen LogP contribution >= 0.6 is 0 Å². The quantitative estimate of drug-likeness (QED) is 0.900. The fourth-order valence-corrected chi connectivity index (χ4v) is 1.80. The van der Waals surface area contributed by atoms with Gasteiger partial charge in [0.05, 0.1) is 12.3 Å². The number of aliphatic hydroxyl groups excluding tert-OH is 1. The molecular weight excluding hydrogens is 228 g/mol. The number of aromatic nitrogens is 2. The van der Waals surface area contributed by atoms with E-state index in [1.807, 2.05) is 38.4 Å². The van der Waals surface area contributed by atoms with Gasteiger partial charge in [-0.3, -0.25) is 4.68 Å². The summed E-state index contributed by atoms with van der Waals surface area (Å²) in [6.45, 7) is 4.23. The summed E-state index contributed by atoms with van der Waals surface area (Å²) in [5.74, 6) is 0.836. The second-order valence-electron chi connectivity index (χ2n) is 4.51. The van der Waals surface area contributed by atoms with Gasteiger partial charge >= 0.3 is 0 Å². The Morgan fingerprint density at radius 3 is 2.78 bits per heavy atom. The van der Waals surface area contributed by atoms with Gasteiger partial charge in [-0.2, -0.15) is 5.10 Å². The summed E-state index contributed by atoms with van der Waals surface area (Å²) in [4.78, 5) is 0. The largest absolute Gasteiger partial charge is 0.489 e. The molecule has 1 unspecified atom stereocenters. The molecule has 4 nitrogen and oxygen atoms in total. The lowest BCUT2D eigenvalue weighted by Gasteiger charge is -2.11. The number of rotatable bonds is 4. The van der Waals surface area contributed by atoms with E-state index in [0.717, 1.165) is 22.4 Å². The molecule has 0 aliphatic rings. The first-order valence-electron chi connectivity index (χ1n) is 5.95. The molecule has 2 rings (SSSR count). The molecule has 1 N–H and O–H groups in total. The van der Waals surface area contributed by atoms with Gasteiger partial charge in [0.25, 0.3) is 0 Å². The zero-order valence-corrected chi connectivity index (χ0v) is 10.9. The minimum Gasteiger partial charge on any atom is -0.489 e. The number of hydrogen-bond donors (Lipinski definition) is 1. The Hall–Kier alpha value is -1.81. The van der Waals surface area contributed by atoms with Crippen molar-refractivity contribution in [3.63, 3.8) is 0 Å². The fraction of sp³-hybridized carbons (Fsp3) is 0.357. The highest BCUT2D eigenvalue weighted by Crippen LogP contribution is 2.23. The summed E-state index contributed by atoms with van der Waals surface area (Å²) in [6.07, 6.45) is 3.27. The number of nitrogens with zero attached hydrogens (tertiary/aromatic N) is 2. The Bertz CT molecular complexity index is 532. The molecule has 1 atom stereocenters. The van der Waals surface area contributed by atoms with E-state index in [-0.39, 0.29) is 0 Å². The topological polar surface area (TPSA) is 47.3 Å². The maximum atomic E-state index is 9.50. The molecule has 1 aromatic heterocycles. The van der Waals surface area contributed by atoms with Crippen LogP contribution in [0.1, 0.15) is 29.7 Å². The van der Waals surface area contributed by atoms with Gasteiger partial charge in [-0.05, 0) is 37.1 Å². The van der Waals surface area contributed by atoms with Gasteiger partial charge in [0.2, 0.25) is 0 Å². The third kappa shape index (κ3) is 2.90. The Morgan fingerprint density at radius 1 is 1.44 bits per heavy atom. The van der Waals surface area contributed by atoms with Crippen molar-refractivity contribution in [3.8, 4) is 5.75 Å². The Balaban J connectivity index is 2.05. The molecule has 0 amide bonds. The molecule has 4 heteroatoms. The average Bonchev–Trinajstić information content (AvgIpc) is 2.73. The van der Waals surface area contributed by atoms with E-state index in [2.05, 4.69) is 5.10 Å². The van der Waals surface area contributed by atoms with Crippen molar-refractivity contribution in [3.05, 3.63) is 47.3 Å². The average molecular weight is 246 g/mol. The molecular formula is C14H18N2O2. The van der Waals surface area contributed by atoms with E-state index in [0.29, 0.717) is 6.61 Å². The molecule has 0 saturated heterocycles. The lowest BCUT2D eigenvalue weighted by atomic mass is 10.1. The first-order chi connectivity index (χ1) is 8.56. The summed E-state index contributed by atoms with van der Waals surface area (Å²) in [5, 5.41) is 13.6. The lowest BCUT2D eigenvalue weighted by Crippen LogP contribution is -1.98. The highest BCUT2D eigenvalue weighted by molar-refractivity contribution is 5.37. The van der Waals surface area contributed by atoms with Gasteiger partial charge in [0, 0.05) is 18.8 Å². The van der Waals surface area contributed by atoms with Gasteiger partial charge in [0.15, 0.2) is 0 Å². The molecule has 0 aliphatic heterocycles. The van der Waals surface area contributed by atoms with E-state index in [4.69, 9.17) is 4.74 Å². The van der Waals surface area contributed by atoms with Gasteiger partial charge in [-0.15, -0.1) is 0 Å². The molecule has 1 heterocycles. The van der Waals surface area contributed by atoms with E-state index in [1.54, 1.807) is 17.8 Å². The third-order valence-electron chi connectivity index (χ3n) is 2.83. The molecule has 2 aromatic rings. The summed E-state index contributed by atoms with van der Waals surface area (Å²) in [6, 6.07) is 5.73. The predicted octanol–water partition coefficient (Wildman–Crippen LogP) is 2.36. The van der Waals surface area contributed by atoms with E-state index in [1.165, 1.54) is 0 Å². The zero-order chi connectivity index (χ0) is 13.1. The summed E-state index contributed by atoms with van der Waals surface area (Å²) >= 11 is 0. The molecule has 1 aromatic carbocycles. The minimum absolute atomic E-state index is 0.448. The number of hydrogen-bond acceptors (Lipinski definition) is 3. The van der Waals surface area contributed by atoms with E-state index in [9.17, 15) is 5.11 Å². The van der Waals surface area contributed by atoms with Crippen LogP contribution in [0.4, 0.5) is 0 Å². The highest BCUT2D eigenvalue weighted by Gasteiger charge is 2.05. The fourth-order valence-electron chi connectivity index (χ4n) is 1.80. The Morgan fingerprint density at radius 2 is 2.22 bits per heavy atom. The predicted molar refractivity (Wildman–Crippen MR) is 69.4 cm³/mol. The van der Waals surface area contributed by atoms with Gasteiger partial charge in [-0.1, -0.05) is 6.07 Å². The third-order valence-corrected chi connectivity index (χ3v) is 2.83. The summed E-state index contributed by atoms with van der Waals surface area (Å²) in [5.41, 5.74) is 2.97. The maximum absolute atomic E-state index is 9.50. The molecule has 0 spiro atoms. The van der Waals surface area contributed by atoms with Crippen LogP contribution in [-0.2, 0) is 13.7 Å². The van der Waals surface area contributed by atoms with Gasteiger partial charge < -0.3 is 9.84 Å². The molecule has 18 heavy (non-hydrogen) atoms. The van der Waals surface area contributed by atoms with Crippen LogP contribution in [0.15, 0.2) is 30.6 Å². The van der Waals surface area contributed by atoms with Gasteiger partial charge in [-0.25, -0.2) is 0 Å². The SMILES string of the molecule is Cc1cc(C(C)O)ccc1OCc1cnn(C)c1. The van der Waals surface area contributed by atoms with Crippen LogP contribution in [0.25, 0.3) is 0 Å². The van der Waals surface area contributed by atoms with Crippen molar-refractivity contribution in [1.82, 2.24) is 9.78 Å². The number of ether oxygens (including phenoxy) is 1. The van der Waals surface area contributed by atoms with Crippen LogP contribution in [0.2, 0.25) is 0 Å². The van der Waals surface area contributed by atoms with Crippen LogP contribution in [0, 0.1) is 6.92 Å². The first kappa shape index (κ1) is 12.6. The zero-order valence-electron chi connectivity index (χ0n) is 10.9. The smallest absolute Gasteiger partial charge is 0.122 e. The normalized spacial score (nSPS) is 12.4. The first-order valence-corrected chi connectivity index (χ1v) is 5.95. The molecule has 0 bridgehead atoms. The number of aryl methyl sites for hydroxylation is 2. The van der Waals surface area contributed by atoms with Crippen molar-refractivity contribution in [1.29, 1.82) is 0 Å². The molecule has 0 aliphatic carbocycles. The molecule has 0 saturated carbocycles. The van der Waals surface area contributed by atoms with E-state index < -0.39 is 6.10 Å². The van der Waals surface area contributed by atoms with Crippen molar-refractivity contribution in [2.24, 2.45) is 7.05 Å². The second kappa shape index (κ2) is 5.23. The van der Waals surface area contributed by atoms with Crippen LogP contribution in [0.5, 0.6) is 5.75 Å². The Kier molecular flexibility index (Phi) is 3.67.